The van der Waals surface area contributed by atoms with Crippen molar-refractivity contribution < 1.29 is 0 Å². The van der Waals surface area contributed by atoms with Gasteiger partial charge < -0.3 is 9.88 Å². The van der Waals surface area contributed by atoms with Crippen molar-refractivity contribution in [2.24, 2.45) is 5.41 Å². The third-order valence-corrected chi connectivity index (χ3v) is 4.62. The van der Waals surface area contributed by atoms with Crippen molar-refractivity contribution in [1.82, 2.24) is 9.55 Å². The molecule has 1 N–H and O–H groups in total. The maximum Gasteiger partial charge on any atom is 0.0992 e. The molecule has 1 atom stereocenters. The van der Waals surface area contributed by atoms with Crippen LogP contribution in [0, 0.1) is 5.41 Å². The molecule has 0 saturated heterocycles. The van der Waals surface area contributed by atoms with E-state index in [1.165, 1.54) is 25.7 Å². The maximum absolute atomic E-state index is 6.41. The van der Waals surface area contributed by atoms with Crippen LogP contribution in [0.25, 0.3) is 5.69 Å². The van der Waals surface area contributed by atoms with E-state index < -0.39 is 0 Å². The van der Waals surface area contributed by atoms with Crippen LogP contribution >= 0.6 is 11.6 Å². The Kier molecular flexibility index (Phi) is 3.94. The molecule has 0 spiro atoms. The molecule has 4 heteroatoms. The molecule has 1 aromatic heterocycles. The average Bonchev–Trinajstić information content (AvgIpc) is 2.91. The first-order chi connectivity index (χ1) is 10.1. The number of anilines is 1. The maximum atomic E-state index is 6.41. The molecule has 1 unspecified atom stereocenters. The first-order valence-corrected chi connectivity index (χ1v) is 7.96. The standard InChI is InChI=1S/C17H22ClN3/c1-17(2)8-4-5-13(11-17)20-15-7-3-6-14(18)16(15)21-10-9-19-12-21/h3,6-7,9-10,12-13,20H,4-5,8,11H2,1-2H3. The number of rotatable bonds is 3. The third kappa shape index (κ3) is 3.24. The molecule has 21 heavy (non-hydrogen) atoms. The van der Waals surface area contributed by atoms with Gasteiger partial charge in [-0.3, -0.25) is 0 Å². The highest BCUT2D eigenvalue weighted by molar-refractivity contribution is 6.33. The van der Waals surface area contributed by atoms with Crippen molar-refractivity contribution in [2.75, 3.05) is 5.32 Å². The number of imidazole rings is 1. The fraction of sp³-hybridized carbons (Fsp3) is 0.471. The van der Waals surface area contributed by atoms with Crippen molar-refractivity contribution in [3.05, 3.63) is 41.9 Å². The van der Waals surface area contributed by atoms with Crippen LogP contribution in [0.15, 0.2) is 36.9 Å². The predicted molar refractivity (Wildman–Crippen MR) is 88.2 cm³/mol. The second-order valence-electron chi connectivity index (χ2n) is 6.71. The van der Waals surface area contributed by atoms with E-state index in [0.29, 0.717) is 11.5 Å². The first kappa shape index (κ1) is 14.5. The van der Waals surface area contributed by atoms with Crippen LogP contribution in [0.4, 0.5) is 5.69 Å². The van der Waals surface area contributed by atoms with Gasteiger partial charge in [0.2, 0.25) is 0 Å². The minimum absolute atomic E-state index is 0.420. The molecule has 1 fully saturated rings. The number of para-hydroxylation sites is 1. The average molecular weight is 304 g/mol. The van der Waals surface area contributed by atoms with Gasteiger partial charge in [-0.15, -0.1) is 0 Å². The van der Waals surface area contributed by atoms with Gasteiger partial charge >= 0.3 is 0 Å². The number of benzene rings is 1. The topological polar surface area (TPSA) is 29.9 Å². The smallest absolute Gasteiger partial charge is 0.0992 e. The lowest BCUT2D eigenvalue weighted by Gasteiger charge is -2.36. The summed E-state index contributed by atoms with van der Waals surface area (Å²) in [7, 11) is 0. The highest BCUT2D eigenvalue weighted by Gasteiger charge is 2.28. The summed E-state index contributed by atoms with van der Waals surface area (Å²) in [5.74, 6) is 0. The quantitative estimate of drug-likeness (QED) is 0.873. The van der Waals surface area contributed by atoms with Crippen molar-refractivity contribution in [1.29, 1.82) is 0 Å². The second-order valence-corrected chi connectivity index (χ2v) is 7.11. The molecule has 1 saturated carbocycles. The normalized spacial score (nSPS) is 21.2. The Bertz CT molecular complexity index is 605. The summed E-state index contributed by atoms with van der Waals surface area (Å²) in [6.07, 6.45) is 10.5. The van der Waals surface area contributed by atoms with E-state index in [4.69, 9.17) is 11.6 Å². The molecule has 0 aliphatic heterocycles. The summed E-state index contributed by atoms with van der Waals surface area (Å²) < 4.78 is 1.97. The summed E-state index contributed by atoms with van der Waals surface area (Å²) in [6, 6.07) is 6.53. The Morgan fingerprint density at radius 3 is 2.95 bits per heavy atom. The zero-order valence-corrected chi connectivity index (χ0v) is 13.4. The Morgan fingerprint density at radius 2 is 2.24 bits per heavy atom. The van der Waals surface area contributed by atoms with Crippen LogP contribution in [0.2, 0.25) is 5.02 Å². The van der Waals surface area contributed by atoms with E-state index in [1.54, 1.807) is 12.5 Å². The zero-order valence-electron chi connectivity index (χ0n) is 12.6. The molecule has 112 valence electrons. The van der Waals surface area contributed by atoms with Gasteiger partial charge in [0.15, 0.2) is 0 Å². The van der Waals surface area contributed by atoms with E-state index in [-0.39, 0.29) is 0 Å². The largest absolute Gasteiger partial charge is 0.381 e. The van der Waals surface area contributed by atoms with Crippen LogP contribution in [0.3, 0.4) is 0 Å². The Labute approximate surface area is 131 Å². The minimum Gasteiger partial charge on any atom is -0.381 e. The summed E-state index contributed by atoms with van der Waals surface area (Å²) in [4.78, 5) is 4.13. The van der Waals surface area contributed by atoms with Crippen LogP contribution in [-0.4, -0.2) is 15.6 Å². The molecule has 0 amide bonds. The zero-order chi connectivity index (χ0) is 14.9. The van der Waals surface area contributed by atoms with Crippen molar-refractivity contribution in [2.45, 2.75) is 45.6 Å². The van der Waals surface area contributed by atoms with Gasteiger partial charge in [-0.05, 0) is 36.8 Å². The van der Waals surface area contributed by atoms with E-state index in [1.807, 2.05) is 22.9 Å². The van der Waals surface area contributed by atoms with E-state index in [2.05, 4.69) is 30.2 Å². The lowest BCUT2D eigenvalue weighted by atomic mass is 9.75. The summed E-state index contributed by atoms with van der Waals surface area (Å²) in [5.41, 5.74) is 2.49. The van der Waals surface area contributed by atoms with Crippen molar-refractivity contribution >= 4 is 17.3 Å². The number of nitrogens with zero attached hydrogens (tertiary/aromatic N) is 2. The van der Waals surface area contributed by atoms with Crippen LogP contribution in [0.1, 0.15) is 39.5 Å². The van der Waals surface area contributed by atoms with Crippen LogP contribution in [0.5, 0.6) is 0 Å². The monoisotopic (exact) mass is 303 g/mol. The van der Waals surface area contributed by atoms with Gasteiger partial charge in [0.05, 0.1) is 22.7 Å². The molecular formula is C17H22ClN3. The number of halogens is 1. The van der Waals surface area contributed by atoms with Crippen LogP contribution in [-0.2, 0) is 0 Å². The van der Waals surface area contributed by atoms with Crippen molar-refractivity contribution in [3.8, 4) is 5.69 Å². The molecule has 2 aromatic rings. The highest BCUT2D eigenvalue weighted by atomic mass is 35.5. The van der Waals surface area contributed by atoms with Crippen LogP contribution < -0.4 is 5.32 Å². The molecule has 0 bridgehead atoms. The predicted octanol–water partition coefficient (Wildman–Crippen LogP) is 4.91. The SMILES string of the molecule is CC1(C)CCCC(Nc2cccc(Cl)c2-n2ccnc2)C1. The van der Waals surface area contributed by atoms with Gasteiger partial charge in [-0.2, -0.15) is 0 Å². The molecule has 1 aliphatic carbocycles. The summed E-state index contributed by atoms with van der Waals surface area (Å²) in [5, 5.41) is 4.44. The third-order valence-electron chi connectivity index (χ3n) is 4.31. The van der Waals surface area contributed by atoms with Gasteiger partial charge in [-0.25, -0.2) is 4.98 Å². The van der Waals surface area contributed by atoms with E-state index in [9.17, 15) is 0 Å². The van der Waals surface area contributed by atoms with E-state index >= 15 is 0 Å². The molecular weight excluding hydrogens is 282 g/mol. The fourth-order valence-corrected chi connectivity index (χ4v) is 3.60. The van der Waals surface area contributed by atoms with E-state index in [0.717, 1.165) is 16.4 Å². The Hall–Kier alpha value is -1.48. The molecule has 3 rings (SSSR count). The van der Waals surface area contributed by atoms with Gasteiger partial charge in [-0.1, -0.05) is 37.9 Å². The van der Waals surface area contributed by atoms with Gasteiger partial charge in [0.1, 0.15) is 0 Å². The number of hydrogen-bond acceptors (Lipinski definition) is 2. The molecule has 1 aromatic carbocycles. The minimum atomic E-state index is 0.420. The fourth-order valence-electron chi connectivity index (χ4n) is 3.33. The molecule has 3 nitrogen and oxygen atoms in total. The number of hydrogen-bond donors (Lipinski definition) is 1. The second kappa shape index (κ2) is 5.72. The first-order valence-electron chi connectivity index (χ1n) is 7.59. The lowest BCUT2D eigenvalue weighted by Crippen LogP contribution is -2.32. The summed E-state index contributed by atoms with van der Waals surface area (Å²) in [6.45, 7) is 4.71. The Morgan fingerprint density at radius 1 is 1.38 bits per heavy atom. The molecule has 0 radical (unpaired) electrons. The Balaban J connectivity index is 1.87. The number of aromatic nitrogens is 2. The molecule has 1 heterocycles. The summed E-state index contributed by atoms with van der Waals surface area (Å²) >= 11 is 6.41. The molecule has 1 aliphatic rings. The lowest BCUT2D eigenvalue weighted by molar-refractivity contribution is 0.229. The van der Waals surface area contributed by atoms with Gasteiger partial charge in [0, 0.05) is 18.4 Å². The van der Waals surface area contributed by atoms with Crippen molar-refractivity contribution in [3.63, 3.8) is 0 Å². The number of nitrogens with one attached hydrogen (secondary N) is 1. The highest BCUT2D eigenvalue weighted by Crippen LogP contribution is 2.37. The van der Waals surface area contributed by atoms with Gasteiger partial charge in [0.25, 0.3) is 0 Å².